The van der Waals surface area contributed by atoms with Crippen LogP contribution in [0.15, 0.2) is 24.3 Å². The first-order chi connectivity index (χ1) is 9.65. The molecule has 0 aromatic heterocycles. The van der Waals surface area contributed by atoms with Crippen LogP contribution in [0.4, 0.5) is 16.2 Å². The summed E-state index contributed by atoms with van der Waals surface area (Å²) in [6.07, 6.45) is -0.834. The monoisotopic (exact) mass is 281 g/mol. The van der Waals surface area contributed by atoms with Gasteiger partial charge in [-0.1, -0.05) is 6.07 Å². The first kappa shape index (κ1) is 14.2. The number of nitrogens with one attached hydrogen (secondary N) is 2. The number of nitrogens with zero attached hydrogens (tertiary/aromatic N) is 1. The molecule has 0 saturated carbocycles. The summed E-state index contributed by atoms with van der Waals surface area (Å²) in [5.74, 6) is 0. The molecule has 0 bridgehead atoms. The van der Waals surface area contributed by atoms with Gasteiger partial charge >= 0.3 is 6.09 Å². The minimum atomic E-state index is -0.667. The van der Waals surface area contributed by atoms with Gasteiger partial charge in [-0.05, 0) is 6.07 Å². The number of nitro groups is 1. The Labute approximate surface area is 115 Å². The van der Waals surface area contributed by atoms with Crippen molar-refractivity contribution in [2.75, 3.05) is 31.6 Å². The molecule has 8 nitrogen and oxygen atoms in total. The van der Waals surface area contributed by atoms with E-state index >= 15 is 0 Å². The molecule has 1 aliphatic rings. The fourth-order valence-electron chi connectivity index (χ4n) is 1.75. The fourth-order valence-corrected chi connectivity index (χ4v) is 1.75. The van der Waals surface area contributed by atoms with Gasteiger partial charge in [-0.3, -0.25) is 15.4 Å². The van der Waals surface area contributed by atoms with Gasteiger partial charge in [0.1, 0.15) is 12.7 Å². The molecule has 108 valence electrons. The highest BCUT2D eigenvalue weighted by Crippen LogP contribution is 2.17. The van der Waals surface area contributed by atoms with E-state index in [0.717, 1.165) is 6.54 Å². The molecular formula is C12H15N3O5. The van der Waals surface area contributed by atoms with E-state index in [1.54, 1.807) is 6.07 Å². The summed E-state index contributed by atoms with van der Waals surface area (Å²) in [7, 11) is 0. The number of morpholine rings is 1. The topological polar surface area (TPSA) is 103 Å². The second kappa shape index (κ2) is 6.83. The van der Waals surface area contributed by atoms with Crippen LogP contribution in [0.25, 0.3) is 0 Å². The normalized spacial score (nSPS) is 18.3. The predicted octanol–water partition coefficient (Wildman–Crippen LogP) is 1.13. The molecule has 1 amide bonds. The first-order valence-corrected chi connectivity index (χ1v) is 6.16. The van der Waals surface area contributed by atoms with E-state index in [2.05, 4.69) is 10.6 Å². The van der Waals surface area contributed by atoms with E-state index in [1.807, 2.05) is 0 Å². The maximum atomic E-state index is 11.6. The molecule has 0 aliphatic carbocycles. The van der Waals surface area contributed by atoms with Crippen LogP contribution in [0.1, 0.15) is 0 Å². The molecule has 1 heterocycles. The summed E-state index contributed by atoms with van der Waals surface area (Å²) in [6, 6.07) is 5.65. The molecule has 1 aromatic carbocycles. The van der Waals surface area contributed by atoms with Crippen LogP contribution in [0.3, 0.4) is 0 Å². The van der Waals surface area contributed by atoms with Crippen molar-refractivity contribution in [3.8, 4) is 0 Å². The highest BCUT2D eigenvalue weighted by molar-refractivity contribution is 5.85. The molecule has 0 radical (unpaired) electrons. The SMILES string of the molecule is O=C(Nc1cccc([N+](=O)[O-])c1)OCC1CNCCO1. The van der Waals surface area contributed by atoms with Crippen molar-refractivity contribution in [2.24, 2.45) is 0 Å². The summed E-state index contributed by atoms with van der Waals surface area (Å²) >= 11 is 0. The molecule has 1 fully saturated rings. The zero-order valence-electron chi connectivity index (χ0n) is 10.7. The Morgan fingerprint density at radius 2 is 2.45 bits per heavy atom. The lowest BCUT2D eigenvalue weighted by Crippen LogP contribution is -2.41. The lowest BCUT2D eigenvalue weighted by molar-refractivity contribution is -0.384. The summed E-state index contributed by atoms with van der Waals surface area (Å²) < 4.78 is 10.4. The molecule has 1 aliphatic heterocycles. The Kier molecular flexibility index (Phi) is 4.85. The molecule has 2 N–H and O–H groups in total. The predicted molar refractivity (Wildman–Crippen MR) is 70.7 cm³/mol. The zero-order valence-corrected chi connectivity index (χ0v) is 10.7. The third-order valence-electron chi connectivity index (χ3n) is 2.71. The Hall–Kier alpha value is -2.19. The molecule has 8 heteroatoms. The number of carbonyl (C=O) groups excluding carboxylic acids is 1. The van der Waals surface area contributed by atoms with Gasteiger partial charge in [-0.15, -0.1) is 0 Å². The molecule has 20 heavy (non-hydrogen) atoms. The summed E-state index contributed by atoms with van der Waals surface area (Å²) in [5.41, 5.74) is 0.217. The van der Waals surface area contributed by atoms with Gasteiger partial charge in [0.25, 0.3) is 5.69 Å². The van der Waals surface area contributed by atoms with Crippen LogP contribution in [-0.2, 0) is 9.47 Å². The number of non-ortho nitro benzene ring substituents is 1. The van der Waals surface area contributed by atoms with E-state index in [4.69, 9.17) is 9.47 Å². The van der Waals surface area contributed by atoms with Crippen LogP contribution in [0.5, 0.6) is 0 Å². The third kappa shape index (κ3) is 4.18. The van der Waals surface area contributed by atoms with Crippen LogP contribution in [0.2, 0.25) is 0 Å². The number of ether oxygens (including phenoxy) is 2. The molecule has 2 rings (SSSR count). The maximum absolute atomic E-state index is 11.6. The molecule has 1 unspecified atom stereocenters. The fraction of sp³-hybridized carbons (Fsp3) is 0.417. The maximum Gasteiger partial charge on any atom is 0.411 e. The smallest absolute Gasteiger partial charge is 0.411 e. The van der Waals surface area contributed by atoms with Gasteiger partial charge in [-0.25, -0.2) is 4.79 Å². The first-order valence-electron chi connectivity index (χ1n) is 6.16. The number of benzene rings is 1. The van der Waals surface area contributed by atoms with Crippen molar-refractivity contribution in [2.45, 2.75) is 6.10 Å². The molecule has 1 atom stereocenters. The second-order valence-corrected chi connectivity index (χ2v) is 4.23. The van der Waals surface area contributed by atoms with E-state index < -0.39 is 11.0 Å². The Bertz CT molecular complexity index is 488. The van der Waals surface area contributed by atoms with Gasteiger partial charge in [0.2, 0.25) is 0 Å². The van der Waals surface area contributed by atoms with E-state index in [1.165, 1.54) is 18.2 Å². The quantitative estimate of drug-likeness (QED) is 0.633. The van der Waals surface area contributed by atoms with Gasteiger partial charge in [0.15, 0.2) is 0 Å². The summed E-state index contributed by atoms with van der Waals surface area (Å²) in [5, 5.41) is 16.2. The largest absolute Gasteiger partial charge is 0.446 e. The van der Waals surface area contributed by atoms with Crippen molar-refractivity contribution in [1.82, 2.24) is 5.32 Å². The van der Waals surface area contributed by atoms with Gasteiger partial charge in [-0.2, -0.15) is 0 Å². The van der Waals surface area contributed by atoms with Crippen LogP contribution < -0.4 is 10.6 Å². The van der Waals surface area contributed by atoms with E-state index in [0.29, 0.717) is 18.8 Å². The van der Waals surface area contributed by atoms with Crippen molar-refractivity contribution in [1.29, 1.82) is 0 Å². The summed E-state index contributed by atoms with van der Waals surface area (Å²) in [4.78, 5) is 21.6. The number of carbonyl (C=O) groups is 1. The van der Waals surface area contributed by atoms with Gasteiger partial charge in [0.05, 0.1) is 17.2 Å². The molecule has 1 aromatic rings. The summed E-state index contributed by atoms with van der Waals surface area (Å²) in [6.45, 7) is 2.13. The number of nitro benzene ring substituents is 1. The number of hydrogen-bond donors (Lipinski definition) is 2. The zero-order chi connectivity index (χ0) is 14.4. The Morgan fingerprint density at radius 1 is 1.60 bits per heavy atom. The lowest BCUT2D eigenvalue weighted by Gasteiger charge is -2.23. The van der Waals surface area contributed by atoms with Gasteiger partial charge < -0.3 is 14.8 Å². The van der Waals surface area contributed by atoms with E-state index in [9.17, 15) is 14.9 Å². The van der Waals surface area contributed by atoms with Gasteiger partial charge in [0, 0.05) is 25.2 Å². The van der Waals surface area contributed by atoms with Crippen LogP contribution >= 0.6 is 0 Å². The minimum absolute atomic E-state index is 0.0948. The standard InChI is InChI=1S/C12H15N3O5/c16-12(20-8-11-7-13-4-5-19-11)14-9-2-1-3-10(6-9)15(17)18/h1-3,6,11,13H,4-5,7-8H2,(H,14,16). The van der Waals surface area contributed by atoms with E-state index in [-0.39, 0.29) is 18.4 Å². The Morgan fingerprint density at radius 3 is 3.15 bits per heavy atom. The molecule has 1 saturated heterocycles. The van der Waals surface area contributed by atoms with Crippen LogP contribution in [-0.4, -0.2) is 43.4 Å². The van der Waals surface area contributed by atoms with Crippen molar-refractivity contribution in [3.63, 3.8) is 0 Å². The van der Waals surface area contributed by atoms with Crippen LogP contribution in [0, 0.1) is 10.1 Å². The number of rotatable bonds is 4. The minimum Gasteiger partial charge on any atom is -0.446 e. The third-order valence-corrected chi connectivity index (χ3v) is 2.71. The van der Waals surface area contributed by atoms with Crippen molar-refractivity contribution < 1.29 is 19.2 Å². The number of anilines is 1. The van der Waals surface area contributed by atoms with Crippen molar-refractivity contribution >= 4 is 17.5 Å². The average molecular weight is 281 g/mol. The average Bonchev–Trinajstić information content (AvgIpc) is 2.46. The highest BCUT2D eigenvalue weighted by atomic mass is 16.6. The molecule has 0 spiro atoms. The lowest BCUT2D eigenvalue weighted by atomic mass is 10.3. The Balaban J connectivity index is 1.81. The number of amides is 1. The number of hydrogen-bond acceptors (Lipinski definition) is 6. The molecular weight excluding hydrogens is 266 g/mol. The second-order valence-electron chi connectivity index (χ2n) is 4.23. The van der Waals surface area contributed by atoms with Crippen molar-refractivity contribution in [3.05, 3.63) is 34.4 Å². The highest BCUT2D eigenvalue weighted by Gasteiger charge is 2.16.